The number of anilines is 1. The second-order valence-corrected chi connectivity index (χ2v) is 6.10. The minimum absolute atomic E-state index is 0.0232. The molecule has 4 heteroatoms. The van der Waals surface area contributed by atoms with E-state index < -0.39 is 0 Å². The van der Waals surface area contributed by atoms with E-state index in [1.165, 1.54) is 6.07 Å². The lowest BCUT2D eigenvalue weighted by molar-refractivity contribution is 0.591. The van der Waals surface area contributed by atoms with Gasteiger partial charge in [-0.15, -0.1) is 0 Å². The smallest absolute Gasteiger partial charge is 0.193 e. The van der Waals surface area contributed by atoms with E-state index in [0.717, 1.165) is 14.8 Å². The van der Waals surface area contributed by atoms with Crippen molar-refractivity contribution in [2.75, 3.05) is 12.4 Å². The monoisotopic (exact) mass is 403 g/mol. The predicted octanol–water partition coefficient (Wildman–Crippen LogP) is 4.61. The predicted molar refractivity (Wildman–Crippen MR) is 100 cm³/mol. The zero-order valence-electron chi connectivity index (χ0n) is 12.0. The van der Waals surface area contributed by atoms with Crippen LogP contribution in [0.3, 0.4) is 0 Å². The van der Waals surface area contributed by atoms with Crippen LogP contribution in [-0.4, -0.2) is 7.05 Å². The van der Waals surface area contributed by atoms with Crippen LogP contribution in [0.2, 0.25) is 0 Å². The highest BCUT2D eigenvalue weighted by atomic mass is 127. The summed E-state index contributed by atoms with van der Waals surface area (Å²) < 4.78 is 6.78. The summed E-state index contributed by atoms with van der Waals surface area (Å²) in [4.78, 5) is 12.1. The van der Waals surface area contributed by atoms with Crippen molar-refractivity contribution in [1.29, 1.82) is 0 Å². The Morgan fingerprint density at radius 2 is 1.82 bits per heavy atom. The fourth-order valence-corrected chi connectivity index (χ4v) is 2.66. The molecule has 0 spiro atoms. The summed E-state index contributed by atoms with van der Waals surface area (Å²) in [6, 6.07) is 15.1. The summed E-state index contributed by atoms with van der Waals surface area (Å²) in [5, 5.41) is 3.69. The molecule has 0 aliphatic rings. The van der Waals surface area contributed by atoms with Crippen LogP contribution < -0.4 is 10.7 Å². The number of fused-ring (bicyclic) bond motifs is 1. The first kappa shape index (κ1) is 14.8. The largest absolute Gasteiger partial charge is 0.456 e. The number of rotatable bonds is 3. The highest BCUT2D eigenvalue weighted by Gasteiger charge is 2.03. The van der Waals surface area contributed by atoms with E-state index in [9.17, 15) is 4.79 Å². The van der Waals surface area contributed by atoms with Gasteiger partial charge in [0.15, 0.2) is 5.43 Å². The first-order valence-electron chi connectivity index (χ1n) is 6.85. The second kappa shape index (κ2) is 6.36. The van der Waals surface area contributed by atoms with Crippen LogP contribution in [0, 0.1) is 3.57 Å². The summed E-state index contributed by atoms with van der Waals surface area (Å²) >= 11 is 2.18. The zero-order valence-corrected chi connectivity index (χ0v) is 14.1. The molecule has 1 heterocycles. The average molecular weight is 403 g/mol. The highest BCUT2D eigenvalue weighted by molar-refractivity contribution is 14.1. The lowest BCUT2D eigenvalue weighted by Gasteiger charge is -2.01. The van der Waals surface area contributed by atoms with E-state index in [1.54, 1.807) is 0 Å². The van der Waals surface area contributed by atoms with Crippen molar-refractivity contribution in [3.63, 3.8) is 0 Å². The van der Waals surface area contributed by atoms with Gasteiger partial charge in [0, 0.05) is 22.4 Å². The molecule has 0 fully saturated rings. The molecule has 0 saturated heterocycles. The Hall–Kier alpha value is -2.08. The van der Waals surface area contributed by atoms with Crippen molar-refractivity contribution in [1.82, 2.24) is 0 Å². The van der Waals surface area contributed by atoms with Crippen LogP contribution in [0.4, 0.5) is 5.69 Å². The molecule has 0 amide bonds. The van der Waals surface area contributed by atoms with Gasteiger partial charge in [0.2, 0.25) is 0 Å². The van der Waals surface area contributed by atoms with Crippen molar-refractivity contribution < 1.29 is 4.42 Å². The van der Waals surface area contributed by atoms with Crippen LogP contribution in [0.25, 0.3) is 23.1 Å². The van der Waals surface area contributed by atoms with Gasteiger partial charge in [0.05, 0.1) is 5.39 Å². The normalized spacial score (nSPS) is 11.2. The van der Waals surface area contributed by atoms with Crippen molar-refractivity contribution in [3.05, 3.63) is 73.6 Å². The Labute approximate surface area is 141 Å². The molecule has 0 atom stereocenters. The molecule has 3 nitrogen and oxygen atoms in total. The molecule has 110 valence electrons. The Morgan fingerprint density at radius 1 is 1.05 bits per heavy atom. The third kappa shape index (κ3) is 3.22. The lowest BCUT2D eigenvalue weighted by Crippen LogP contribution is -2.00. The second-order valence-electron chi connectivity index (χ2n) is 4.86. The summed E-state index contributed by atoms with van der Waals surface area (Å²) in [6.07, 6.45) is 3.74. The van der Waals surface area contributed by atoms with Crippen LogP contribution >= 0.6 is 22.6 Å². The number of halogens is 1. The molecular formula is C18H14INO2. The van der Waals surface area contributed by atoms with Crippen LogP contribution in [-0.2, 0) is 0 Å². The third-order valence-electron chi connectivity index (χ3n) is 3.35. The van der Waals surface area contributed by atoms with Gasteiger partial charge in [0.25, 0.3) is 0 Å². The molecule has 0 radical (unpaired) electrons. The number of hydrogen-bond donors (Lipinski definition) is 1. The van der Waals surface area contributed by atoms with E-state index in [2.05, 4.69) is 27.9 Å². The van der Waals surface area contributed by atoms with E-state index >= 15 is 0 Å². The van der Waals surface area contributed by atoms with Crippen molar-refractivity contribution in [2.45, 2.75) is 0 Å². The summed E-state index contributed by atoms with van der Waals surface area (Å²) in [5.74, 6) is 0.552. The first-order valence-corrected chi connectivity index (χ1v) is 7.93. The average Bonchev–Trinajstić information content (AvgIpc) is 2.54. The van der Waals surface area contributed by atoms with Gasteiger partial charge < -0.3 is 9.73 Å². The quantitative estimate of drug-likeness (QED) is 0.650. The Morgan fingerprint density at radius 3 is 2.55 bits per heavy atom. The molecule has 2 aromatic carbocycles. The van der Waals surface area contributed by atoms with Gasteiger partial charge in [-0.05, 0) is 64.6 Å². The van der Waals surface area contributed by atoms with Gasteiger partial charge in [-0.3, -0.25) is 4.79 Å². The van der Waals surface area contributed by atoms with Crippen LogP contribution in [0.1, 0.15) is 11.3 Å². The maximum atomic E-state index is 12.1. The molecule has 3 aromatic rings. The Bertz CT molecular complexity index is 895. The van der Waals surface area contributed by atoms with Gasteiger partial charge in [0.1, 0.15) is 11.3 Å². The standard InChI is InChI=1S/C18H14INO2/c1-20-14-6-2-12(3-7-14)4-8-15-11-17(21)16-10-13(19)5-9-18(16)22-15/h2-11,20H,1H3/b8-4+. The van der Waals surface area contributed by atoms with E-state index in [-0.39, 0.29) is 5.43 Å². The molecule has 0 aliphatic heterocycles. The minimum atomic E-state index is -0.0232. The zero-order chi connectivity index (χ0) is 15.5. The van der Waals surface area contributed by atoms with Gasteiger partial charge in [-0.25, -0.2) is 0 Å². The summed E-state index contributed by atoms with van der Waals surface area (Å²) in [6.45, 7) is 0. The van der Waals surface area contributed by atoms with Crippen molar-refractivity contribution in [2.24, 2.45) is 0 Å². The molecular weight excluding hydrogens is 389 g/mol. The molecule has 1 aromatic heterocycles. The Kier molecular flexibility index (Phi) is 4.29. The van der Waals surface area contributed by atoms with Crippen LogP contribution in [0.15, 0.2) is 57.7 Å². The molecule has 0 aliphatic carbocycles. The first-order chi connectivity index (χ1) is 10.7. The van der Waals surface area contributed by atoms with Gasteiger partial charge in [-0.1, -0.05) is 18.2 Å². The number of nitrogens with one attached hydrogen (secondary N) is 1. The summed E-state index contributed by atoms with van der Waals surface area (Å²) in [7, 11) is 1.88. The topological polar surface area (TPSA) is 42.2 Å². The van der Waals surface area contributed by atoms with Gasteiger partial charge >= 0.3 is 0 Å². The molecule has 22 heavy (non-hydrogen) atoms. The van der Waals surface area contributed by atoms with E-state index in [0.29, 0.717) is 16.7 Å². The van der Waals surface area contributed by atoms with E-state index in [4.69, 9.17) is 4.42 Å². The third-order valence-corrected chi connectivity index (χ3v) is 4.02. The highest BCUT2D eigenvalue weighted by Crippen LogP contribution is 2.17. The molecule has 0 unspecified atom stereocenters. The Balaban J connectivity index is 1.94. The number of hydrogen-bond acceptors (Lipinski definition) is 3. The maximum absolute atomic E-state index is 12.1. The molecule has 0 saturated carbocycles. The lowest BCUT2D eigenvalue weighted by atomic mass is 10.1. The fourth-order valence-electron chi connectivity index (χ4n) is 2.17. The van der Waals surface area contributed by atoms with Crippen molar-refractivity contribution >= 4 is 51.4 Å². The van der Waals surface area contributed by atoms with Gasteiger partial charge in [-0.2, -0.15) is 0 Å². The fraction of sp³-hybridized carbons (Fsp3) is 0.0556. The van der Waals surface area contributed by atoms with Crippen molar-refractivity contribution in [3.8, 4) is 0 Å². The SMILES string of the molecule is CNc1ccc(/C=C/c2cc(=O)c3cc(I)ccc3o2)cc1. The molecule has 0 bridgehead atoms. The van der Waals surface area contributed by atoms with E-state index in [1.807, 2.05) is 61.7 Å². The maximum Gasteiger partial charge on any atom is 0.193 e. The number of benzene rings is 2. The van der Waals surface area contributed by atoms with Crippen LogP contribution in [0.5, 0.6) is 0 Å². The molecule has 1 N–H and O–H groups in total. The minimum Gasteiger partial charge on any atom is -0.456 e. The summed E-state index contributed by atoms with van der Waals surface area (Å²) in [5.41, 5.74) is 2.69. The molecule has 3 rings (SSSR count).